The van der Waals surface area contributed by atoms with Crippen LogP contribution in [0, 0.1) is 17.0 Å². The first-order valence-electron chi connectivity index (χ1n) is 10.9. The number of para-hydroxylation sites is 1. The molecule has 4 aromatic rings. The number of hydrogen-bond donors (Lipinski definition) is 1. The number of furan rings is 1. The molecule has 1 aliphatic rings. The number of amides is 1. The van der Waals surface area contributed by atoms with E-state index >= 15 is 0 Å². The molecule has 2 heterocycles. The zero-order chi connectivity index (χ0) is 25.1. The average molecular weight is 488 g/mol. The van der Waals surface area contributed by atoms with Crippen LogP contribution in [0.3, 0.4) is 0 Å². The minimum atomic E-state index is -0.577. The van der Waals surface area contributed by atoms with Crippen LogP contribution in [-0.2, 0) is 6.61 Å². The minimum absolute atomic E-state index is 0.0205. The summed E-state index contributed by atoms with van der Waals surface area (Å²) in [4.78, 5) is 23.6. The number of nitrogens with zero attached hydrogens (tertiary/aromatic N) is 1. The van der Waals surface area contributed by atoms with Crippen LogP contribution in [0.2, 0.25) is 0 Å². The molecule has 36 heavy (non-hydrogen) atoms. The van der Waals surface area contributed by atoms with Crippen molar-refractivity contribution in [2.24, 2.45) is 0 Å². The molecule has 1 aromatic heterocycles. The number of nitro benzene ring substituents is 1. The first-order chi connectivity index (χ1) is 17.4. The molecule has 182 valence electrons. The van der Waals surface area contributed by atoms with Crippen molar-refractivity contribution in [2.45, 2.75) is 13.5 Å². The molecule has 0 unspecified atom stereocenters. The lowest BCUT2D eigenvalue weighted by Gasteiger charge is -2.10. The molecule has 0 aliphatic carbocycles. The van der Waals surface area contributed by atoms with Crippen molar-refractivity contribution >= 4 is 17.3 Å². The van der Waals surface area contributed by atoms with Crippen LogP contribution < -0.4 is 24.3 Å². The van der Waals surface area contributed by atoms with Crippen LogP contribution in [0.1, 0.15) is 21.9 Å². The molecule has 1 amide bonds. The molecule has 0 spiro atoms. The lowest BCUT2D eigenvalue weighted by molar-refractivity contribution is -0.384. The van der Waals surface area contributed by atoms with E-state index < -0.39 is 10.8 Å². The van der Waals surface area contributed by atoms with Gasteiger partial charge in [0, 0.05) is 18.2 Å². The molecule has 3 aromatic carbocycles. The monoisotopic (exact) mass is 488 g/mol. The summed E-state index contributed by atoms with van der Waals surface area (Å²) in [7, 11) is 0. The molecule has 1 N–H and O–H groups in total. The number of ether oxygens (including phenoxy) is 4. The third-order valence-corrected chi connectivity index (χ3v) is 5.29. The number of aryl methyl sites for hydroxylation is 1. The maximum atomic E-state index is 12.7. The van der Waals surface area contributed by atoms with Crippen LogP contribution in [0.25, 0.3) is 0 Å². The van der Waals surface area contributed by atoms with E-state index in [4.69, 9.17) is 23.4 Å². The van der Waals surface area contributed by atoms with E-state index in [1.54, 1.807) is 36.4 Å². The lowest BCUT2D eigenvalue weighted by Crippen LogP contribution is -2.11. The summed E-state index contributed by atoms with van der Waals surface area (Å²) >= 11 is 0. The summed E-state index contributed by atoms with van der Waals surface area (Å²) in [5.74, 6) is 2.42. The maximum Gasteiger partial charge on any atom is 0.291 e. The number of hydrogen-bond acceptors (Lipinski definition) is 8. The van der Waals surface area contributed by atoms with Gasteiger partial charge in [-0.2, -0.15) is 0 Å². The first-order valence-corrected chi connectivity index (χ1v) is 10.9. The van der Waals surface area contributed by atoms with Gasteiger partial charge in [0.25, 0.3) is 11.6 Å². The fraction of sp³-hybridized carbons (Fsp3) is 0.115. The highest BCUT2D eigenvalue weighted by Gasteiger charge is 2.17. The fourth-order valence-corrected chi connectivity index (χ4v) is 3.51. The Hall–Kier alpha value is -4.99. The zero-order valence-corrected chi connectivity index (χ0v) is 19.1. The predicted molar refractivity (Wildman–Crippen MR) is 128 cm³/mol. The summed E-state index contributed by atoms with van der Waals surface area (Å²) in [6.07, 6.45) is 0. The molecule has 0 radical (unpaired) electrons. The smallest absolute Gasteiger partial charge is 0.291 e. The van der Waals surface area contributed by atoms with Crippen LogP contribution in [0.15, 0.2) is 77.2 Å². The predicted octanol–water partition coefficient (Wildman–Crippen LogP) is 5.85. The van der Waals surface area contributed by atoms with E-state index in [1.807, 2.05) is 19.1 Å². The molecule has 0 fully saturated rings. The highest BCUT2D eigenvalue weighted by atomic mass is 16.7. The summed E-state index contributed by atoms with van der Waals surface area (Å²) in [6, 6.07) is 19.6. The molecule has 0 saturated carbocycles. The summed E-state index contributed by atoms with van der Waals surface area (Å²) in [5.41, 5.74) is 0.821. The van der Waals surface area contributed by atoms with E-state index in [0.29, 0.717) is 28.8 Å². The second-order valence-electron chi connectivity index (χ2n) is 7.86. The topological polar surface area (TPSA) is 122 Å². The number of fused-ring (bicyclic) bond motifs is 1. The Labute approximate surface area is 205 Å². The first kappa shape index (κ1) is 22.8. The van der Waals surface area contributed by atoms with Gasteiger partial charge < -0.3 is 28.7 Å². The number of benzene rings is 3. The van der Waals surface area contributed by atoms with Gasteiger partial charge >= 0.3 is 0 Å². The number of nitrogens with one attached hydrogen (secondary N) is 1. The van der Waals surface area contributed by atoms with Gasteiger partial charge in [-0.3, -0.25) is 14.9 Å². The Bertz CT molecular complexity index is 1450. The van der Waals surface area contributed by atoms with Crippen molar-refractivity contribution in [3.8, 4) is 28.7 Å². The van der Waals surface area contributed by atoms with E-state index in [0.717, 1.165) is 5.56 Å². The Morgan fingerprint density at radius 3 is 2.67 bits per heavy atom. The number of carbonyl (C=O) groups excluding carboxylic acids is 1. The fourth-order valence-electron chi connectivity index (χ4n) is 3.51. The summed E-state index contributed by atoms with van der Waals surface area (Å²) in [5, 5.41) is 14.0. The Morgan fingerprint density at radius 2 is 1.83 bits per heavy atom. The van der Waals surface area contributed by atoms with Gasteiger partial charge in [-0.15, -0.1) is 0 Å². The van der Waals surface area contributed by atoms with Gasteiger partial charge in [0.05, 0.1) is 16.7 Å². The second-order valence-corrected chi connectivity index (χ2v) is 7.86. The van der Waals surface area contributed by atoms with Crippen molar-refractivity contribution in [3.63, 3.8) is 0 Å². The van der Waals surface area contributed by atoms with Gasteiger partial charge in [-0.25, -0.2) is 0 Å². The van der Waals surface area contributed by atoms with Crippen LogP contribution in [0.4, 0.5) is 11.4 Å². The standard InChI is InChI=1S/C26H20N2O8/c1-16-4-2-3-5-22(16)36-21-11-17(10-18(12-21)28(30)31)27-26(29)24-9-7-20(35-24)14-32-19-6-8-23-25(13-19)34-15-33-23/h2-13H,14-15H2,1H3,(H,27,29). The van der Waals surface area contributed by atoms with Gasteiger partial charge in [0.1, 0.15) is 29.6 Å². The SMILES string of the molecule is Cc1ccccc1Oc1cc(NC(=O)c2ccc(COc3ccc4c(c3)OCO4)o2)cc([N+](=O)[O-])c1. The Balaban J connectivity index is 1.27. The largest absolute Gasteiger partial charge is 0.486 e. The van der Waals surface area contributed by atoms with E-state index in [1.165, 1.54) is 24.3 Å². The Morgan fingerprint density at radius 1 is 1.00 bits per heavy atom. The molecule has 0 saturated heterocycles. The average Bonchev–Trinajstić information content (AvgIpc) is 3.53. The third kappa shape index (κ3) is 5.07. The van der Waals surface area contributed by atoms with Crippen molar-refractivity contribution in [3.05, 3.63) is 100.0 Å². The van der Waals surface area contributed by atoms with Gasteiger partial charge in [-0.1, -0.05) is 18.2 Å². The molecular formula is C26H20N2O8. The van der Waals surface area contributed by atoms with Crippen molar-refractivity contribution < 1.29 is 33.1 Å². The molecule has 10 heteroatoms. The van der Waals surface area contributed by atoms with Crippen LogP contribution in [-0.4, -0.2) is 17.6 Å². The third-order valence-electron chi connectivity index (χ3n) is 5.29. The number of anilines is 1. The number of rotatable bonds is 8. The highest BCUT2D eigenvalue weighted by Crippen LogP contribution is 2.35. The van der Waals surface area contributed by atoms with Gasteiger partial charge in [0.2, 0.25) is 6.79 Å². The molecule has 5 rings (SSSR count). The van der Waals surface area contributed by atoms with Gasteiger partial charge in [0.15, 0.2) is 17.3 Å². The summed E-state index contributed by atoms with van der Waals surface area (Å²) in [6.45, 7) is 2.11. The lowest BCUT2D eigenvalue weighted by atomic mass is 10.2. The molecule has 1 aliphatic heterocycles. The number of carbonyl (C=O) groups is 1. The van der Waals surface area contributed by atoms with Crippen LogP contribution >= 0.6 is 0 Å². The minimum Gasteiger partial charge on any atom is -0.486 e. The zero-order valence-electron chi connectivity index (χ0n) is 19.1. The van der Waals surface area contributed by atoms with Crippen LogP contribution in [0.5, 0.6) is 28.7 Å². The molecule has 10 nitrogen and oxygen atoms in total. The van der Waals surface area contributed by atoms with E-state index in [9.17, 15) is 14.9 Å². The van der Waals surface area contributed by atoms with E-state index in [2.05, 4.69) is 5.32 Å². The Kier molecular flexibility index (Phi) is 6.14. The molecule has 0 bridgehead atoms. The summed E-state index contributed by atoms with van der Waals surface area (Å²) < 4.78 is 27.7. The molecule has 0 atom stereocenters. The van der Waals surface area contributed by atoms with Crippen molar-refractivity contribution in [2.75, 3.05) is 12.1 Å². The quantitative estimate of drug-likeness (QED) is 0.242. The second kappa shape index (κ2) is 9.71. The normalized spacial score (nSPS) is 11.7. The number of non-ortho nitro benzene ring substituents is 1. The van der Waals surface area contributed by atoms with Crippen molar-refractivity contribution in [1.82, 2.24) is 0 Å². The van der Waals surface area contributed by atoms with Crippen molar-refractivity contribution in [1.29, 1.82) is 0 Å². The molecular weight excluding hydrogens is 468 g/mol. The van der Waals surface area contributed by atoms with Gasteiger partial charge in [-0.05, 0) is 42.8 Å². The van der Waals surface area contributed by atoms with E-state index in [-0.39, 0.29) is 36.3 Å². The highest BCUT2D eigenvalue weighted by molar-refractivity contribution is 6.02. The maximum absolute atomic E-state index is 12.7. The number of nitro groups is 1.